The molecule has 0 aliphatic rings. The molecule has 2 aromatic rings. The van der Waals surface area contributed by atoms with Crippen LogP contribution in [0.4, 0.5) is 0 Å². The summed E-state index contributed by atoms with van der Waals surface area (Å²) >= 11 is 6.37. The zero-order valence-electron chi connectivity index (χ0n) is 8.62. The fourth-order valence-electron chi connectivity index (χ4n) is 1.59. The first kappa shape index (κ1) is 11.6. The van der Waals surface area contributed by atoms with E-state index < -0.39 is 0 Å². The van der Waals surface area contributed by atoms with E-state index in [4.69, 9.17) is 0 Å². The molecule has 16 heavy (non-hydrogen) atoms. The largest absolute Gasteiger partial charge is 0.309 e. The minimum atomic E-state index is -0.127. The Balaban J connectivity index is 3.15. The molecule has 0 fully saturated rings. The molecule has 0 saturated carbocycles. The Hall–Kier alpha value is -0.880. The van der Waals surface area contributed by atoms with Crippen LogP contribution in [0.15, 0.2) is 30.7 Å². The maximum Gasteiger partial charge on any atom is 0.265 e. The summed E-state index contributed by atoms with van der Waals surface area (Å²) in [6.07, 6.45) is 0. The number of rotatable bonds is 0. The first-order valence-electron chi connectivity index (χ1n) is 4.48. The van der Waals surface area contributed by atoms with Crippen LogP contribution in [0.2, 0.25) is 0 Å². The summed E-state index contributed by atoms with van der Waals surface area (Å²) in [4.78, 5) is 23.4. The first-order chi connectivity index (χ1) is 7.43. The smallest absolute Gasteiger partial charge is 0.265 e. The summed E-state index contributed by atoms with van der Waals surface area (Å²) in [6.45, 7) is 0. The van der Waals surface area contributed by atoms with E-state index in [1.54, 1.807) is 26.2 Å². The van der Waals surface area contributed by atoms with Crippen molar-refractivity contribution in [1.29, 1.82) is 0 Å². The molecule has 0 bridgehead atoms. The summed E-state index contributed by atoms with van der Waals surface area (Å²) in [6, 6.07) is 3.32. The molecule has 4 nitrogen and oxygen atoms in total. The number of halogens is 2. The van der Waals surface area contributed by atoms with Gasteiger partial charge in [0.25, 0.3) is 11.1 Å². The van der Waals surface area contributed by atoms with Crippen molar-refractivity contribution in [2.24, 2.45) is 14.1 Å². The summed E-state index contributed by atoms with van der Waals surface area (Å²) < 4.78 is 3.90. The van der Waals surface area contributed by atoms with Crippen LogP contribution >= 0.6 is 31.9 Å². The Morgan fingerprint density at radius 3 is 1.50 bits per heavy atom. The van der Waals surface area contributed by atoms with Crippen molar-refractivity contribution in [3.05, 3.63) is 41.8 Å². The molecule has 0 amide bonds. The zero-order valence-corrected chi connectivity index (χ0v) is 11.8. The van der Waals surface area contributed by atoms with Crippen molar-refractivity contribution in [1.82, 2.24) is 9.13 Å². The average Bonchev–Trinajstić information content (AvgIpc) is 2.25. The lowest BCUT2D eigenvalue weighted by Gasteiger charge is -2.09. The van der Waals surface area contributed by atoms with Crippen LogP contribution in [0, 0.1) is 0 Å². The third-order valence-electron chi connectivity index (χ3n) is 2.53. The van der Waals surface area contributed by atoms with Gasteiger partial charge in [0.15, 0.2) is 0 Å². The summed E-state index contributed by atoms with van der Waals surface area (Å²) in [7, 11) is 3.35. The molecule has 84 valence electrons. The predicted molar refractivity (Wildman–Crippen MR) is 69.8 cm³/mol. The Bertz CT molecular complexity index is 639. The van der Waals surface area contributed by atoms with Crippen LogP contribution in [0.3, 0.4) is 0 Å². The second-order valence-electron chi connectivity index (χ2n) is 3.48. The van der Waals surface area contributed by atoms with Gasteiger partial charge in [-0.3, -0.25) is 9.59 Å². The standard InChI is InChI=1S/C10H8Br2N2O2/c1-13-7-3-6(12)10(16)14(2)8(7)4-5(11)9(13)15/h3-4H,1-2H3. The van der Waals surface area contributed by atoms with Gasteiger partial charge in [0.1, 0.15) is 0 Å². The molecular formula is C10H8Br2N2O2. The highest BCUT2D eigenvalue weighted by Gasteiger charge is 2.09. The maximum atomic E-state index is 11.7. The fourth-order valence-corrected chi connectivity index (χ4v) is 2.55. The molecule has 2 heterocycles. The number of aromatic nitrogens is 2. The third-order valence-corrected chi connectivity index (χ3v) is 3.67. The van der Waals surface area contributed by atoms with Crippen LogP contribution in [0.1, 0.15) is 0 Å². The molecule has 2 aromatic heterocycles. The van der Waals surface area contributed by atoms with E-state index in [0.29, 0.717) is 20.0 Å². The Kier molecular flexibility index (Phi) is 2.79. The molecule has 0 aromatic carbocycles. The van der Waals surface area contributed by atoms with Gasteiger partial charge in [-0.15, -0.1) is 0 Å². The normalized spacial score (nSPS) is 11.0. The molecule has 0 N–H and O–H groups in total. The van der Waals surface area contributed by atoms with Gasteiger partial charge in [0.2, 0.25) is 0 Å². The number of hydrogen-bond donors (Lipinski definition) is 0. The van der Waals surface area contributed by atoms with Gasteiger partial charge in [-0.25, -0.2) is 0 Å². The van der Waals surface area contributed by atoms with Crippen molar-refractivity contribution >= 4 is 42.9 Å². The van der Waals surface area contributed by atoms with E-state index in [0.717, 1.165) is 0 Å². The van der Waals surface area contributed by atoms with E-state index in [2.05, 4.69) is 31.9 Å². The zero-order chi connectivity index (χ0) is 12.0. The van der Waals surface area contributed by atoms with Crippen LogP contribution in [0.5, 0.6) is 0 Å². The summed E-state index contributed by atoms with van der Waals surface area (Å²) in [5.41, 5.74) is 1.17. The Morgan fingerprint density at radius 1 is 0.875 bits per heavy atom. The van der Waals surface area contributed by atoms with Crippen molar-refractivity contribution < 1.29 is 0 Å². The number of nitrogens with zero attached hydrogens (tertiary/aromatic N) is 2. The minimum Gasteiger partial charge on any atom is -0.309 e. The first-order valence-corrected chi connectivity index (χ1v) is 6.07. The number of fused-ring (bicyclic) bond motifs is 1. The molecule has 0 aliphatic heterocycles. The molecular weight excluding hydrogens is 340 g/mol. The number of pyridine rings is 2. The van der Waals surface area contributed by atoms with Crippen molar-refractivity contribution in [2.75, 3.05) is 0 Å². The molecule has 0 atom stereocenters. The van der Waals surface area contributed by atoms with Crippen LogP contribution in [0.25, 0.3) is 11.0 Å². The van der Waals surface area contributed by atoms with E-state index in [-0.39, 0.29) is 11.1 Å². The van der Waals surface area contributed by atoms with E-state index in [9.17, 15) is 9.59 Å². The highest BCUT2D eigenvalue weighted by atomic mass is 79.9. The molecule has 0 radical (unpaired) electrons. The second-order valence-corrected chi connectivity index (χ2v) is 5.19. The molecule has 6 heteroatoms. The topological polar surface area (TPSA) is 44.0 Å². The molecule has 0 spiro atoms. The second kappa shape index (κ2) is 3.85. The van der Waals surface area contributed by atoms with Crippen molar-refractivity contribution in [2.45, 2.75) is 0 Å². The molecule has 0 unspecified atom stereocenters. The minimum absolute atomic E-state index is 0.127. The van der Waals surface area contributed by atoms with Crippen LogP contribution in [-0.2, 0) is 14.1 Å². The average molecular weight is 348 g/mol. The van der Waals surface area contributed by atoms with Gasteiger partial charge < -0.3 is 9.13 Å². The van der Waals surface area contributed by atoms with Crippen molar-refractivity contribution in [3.63, 3.8) is 0 Å². The number of hydrogen-bond acceptors (Lipinski definition) is 2. The highest BCUT2D eigenvalue weighted by Crippen LogP contribution is 2.17. The lowest BCUT2D eigenvalue weighted by atomic mass is 10.3. The van der Waals surface area contributed by atoms with Gasteiger partial charge in [-0.05, 0) is 44.0 Å². The molecule has 0 saturated heterocycles. The van der Waals surface area contributed by atoms with Gasteiger partial charge >= 0.3 is 0 Å². The van der Waals surface area contributed by atoms with E-state index >= 15 is 0 Å². The predicted octanol–water partition coefficient (Wildman–Crippen LogP) is 1.76. The third kappa shape index (κ3) is 1.56. The maximum absolute atomic E-state index is 11.7. The Labute approximate surface area is 108 Å². The van der Waals surface area contributed by atoms with Crippen molar-refractivity contribution in [3.8, 4) is 0 Å². The molecule has 2 rings (SSSR count). The van der Waals surface area contributed by atoms with Gasteiger partial charge in [0.05, 0.1) is 20.0 Å². The summed E-state index contributed by atoms with van der Waals surface area (Å²) in [5, 5.41) is 0. The Morgan fingerprint density at radius 2 is 1.19 bits per heavy atom. The lowest BCUT2D eigenvalue weighted by Crippen LogP contribution is -2.23. The monoisotopic (exact) mass is 346 g/mol. The fraction of sp³-hybridized carbons (Fsp3) is 0.200. The van der Waals surface area contributed by atoms with Crippen LogP contribution in [-0.4, -0.2) is 9.13 Å². The van der Waals surface area contributed by atoms with Gasteiger partial charge in [-0.1, -0.05) is 0 Å². The van der Waals surface area contributed by atoms with Crippen LogP contribution < -0.4 is 11.1 Å². The van der Waals surface area contributed by atoms with Gasteiger partial charge in [0, 0.05) is 14.1 Å². The van der Waals surface area contributed by atoms with E-state index in [1.807, 2.05) is 0 Å². The SMILES string of the molecule is Cn1c(=O)c(Br)cc2c1cc(Br)c(=O)n2C. The van der Waals surface area contributed by atoms with E-state index in [1.165, 1.54) is 9.13 Å². The lowest BCUT2D eigenvalue weighted by molar-refractivity contribution is 0.854. The molecule has 0 aliphatic carbocycles. The quantitative estimate of drug-likeness (QED) is 0.729. The van der Waals surface area contributed by atoms with Gasteiger partial charge in [-0.2, -0.15) is 0 Å². The summed E-state index contributed by atoms with van der Waals surface area (Å²) in [5.74, 6) is 0. The number of aryl methyl sites for hydroxylation is 2. The highest BCUT2D eigenvalue weighted by molar-refractivity contribution is 9.10.